The molecule has 3 rings (SSSR count). The van der Waals surface area contributed by atoms with Gasteiger partial charge >= 0.3 is 11.5 Å². The van der Waals surface area contributed by atoms with Gasteiger partial charge in [-0.15, -0.1) is 0 Å². The number of tetrazole rings is 1. The van der Waals surface area contributed by atoms with Crippen molar-refractivity contribution in [1.82, 2.24) is 15.0 Å². The highest BCUT2D eigenvalue weighted by Crippen LogP contribution is 2.17. The van der Waals surface area contributed by atoms with Crippen molar-refractivity contribution in [3.8, 4) is 11.4 Å². The van der Waals surface area contributed by atoms with Crippen LogP contribution in [0.4, 0.5) is 5.69 Å². The molecular weight excluding hydrogens is 306 g/mol. The van der Waals surface area contributed by atoms with Crippen LogP contribution < -0.4 is 17.2 Å². The number of hydrogen-bond donors (Lipinski definition) is 0. The van der Waals surface area contributed by atoms with E-state index in [9.17, 15) is 10.1 Å². The topological polar surface area (TPSA) is 77.7 Å². The molecule has 0 fully saturated rings. The second-order valence-corrected chi connectivity index (χ2v) is 4.41. The zero-order chi connectivity index (χ0) is 14.8. The Kier molecular flexibility index (Phi) is 4.47. The molecule has 0 aliphatic rings. The lowest BCUT2D eigenvalue weighted by Gasteiger charge is -2.00. The quantitative estimate of drug-likeness (QED) is 0.344. The summed E-state index contributed by atoms with van der Waals surface area (Å²) in [6.45, 7) is 1.74. The number of nitro benzene ring substituents is 1. The predicted octanol–water partition coefficient (Wildman–Crippen LogP) is -1.24. The summed E-state index contributed by atoms with van der Waals surface area (Å²) in [5.74, 6) is 0.525. The van der Waals surface area contributed by atoms with Crippen molar-refractivity contribution in [1.29, 1.82) is 0 Å². The van der Waals surface area contributed by atoms with Crippen LogP contribution in [0.5, 0.6) is 0 Å². The molecule has 0 aliphatic carbocycles. The SMILES string of the molecule is Cc1nn(-c2ccccc2)[n+](-c2ccccc2[N+](=O)[O-])n1.[Cl-]. The summed E-state index contributed by atoms with van der Waals surface area (Å²) in [6, 6.07) is 15.8. The molecule has 0 saturated heterocycles. The highest BCUT2D eigenvalue weighted by atomic mass is 35.5. The van der Waals surface area contributed by atoms with Gasteiger partial charge in [0.25, 0.3) is 5.69 Å². The molecule has 0 amide bonds. The van der Waals surface area contributed by atoms with Gasteiger partial charge in [0.2, 0.25) is 0 Å². The predicted molar refractivity (Wildman–Crippen MR) is 74.3 cm³/mol. The van der Waals surface area contributed by atoms with Crippen LogP contribution in [0, 0.1) is 17.0 Å². The van der Waals surface area contributed by atoms with Crippen molar-refractivity contribution < 1.29 is 22.1 Å². The van der Waals surface area contributed by atoms with Gasteiger partial charge in [-0.3, -0.25) is 10.1 Å². The van der Waals surface area contributed by atoms with E-state index in [0.29, 0.717) is 11.5 Å². The fourth-order valence-electron chi connectivity index (χ4n) is 2.05. The molecule has 0 N–H and O–H groups in total. The fourth-order valence-corrected chi connectivity index (χ4v) is 2.05. The summed E-state index contributed by atoms with van der Waals surface area (Å²) in [5.41, 5.74) is 1.12. The van der Waals surface area contributed by atoms with Gasteiger partial charge in [0.15, 0.2) is 0 Å². The Hall–Kier alpha value is -2.80. The van der Waals surface area contributed by atoms with Crippen LogP contribution in [0.3, 0.4) is 0 Å². The molecule has 0 saturated carbocycles. The molecule has 2 aromatic carbocycles. The Balaban J connectivity index is 0.00000176. The number of aromatic nitrogens is 4. The van der Waals surface area contributed by atoms with E-state index in [-0.39, 0.29) is 18.1 Å². The number of rotatable bonds is 3. The summed E-state index contributed by atoms with van der Waals surface area (Å²) in [7, 11) is 0. The minimum atomic E-state index is -0.429. The molecule has 0 radical (unpaired) electrons. The third-order valence-corrected chi connectivity index (χ3v) is 2.94. The lowest BCUT2D eigenvalue weighted by atomic mass is 10.3. The largest absolute Gasteiger partial charge is 1.00 e. The molecule has 0 atom stereocenters. The van der Waals surface area contributed by atoms with Gasteiger partial charge in [-0.05, 0) is 28.1 Å². The van der Waals surface area contributed by atoms with Crippen molar-refractivity contribution >= 4 is 5.69 Å². The van der Waals surface area contributed by atoms with Crippen LogP contribution in [-0.4, -0.2) is 19.9 Å². The van der Waals surface area contributed by atoms with Gasteiger partial charge in [-0.25, -0.2) is 0 Å². The van der Waals surface area contributed by atoms with Crippen molar-refractivity contribution in [2.45, 2.75) is 6.92 Å². The normalized spacial score (nSPS) is 10.0. The monoisotopic (exact) mass is 317 g/mol. The minimum Gasteiger partial charge on any atom is -1.00 e. The van der Waals surface area contributed by atoms with E-state index < -0.39 is 4.92 Å². The van der Waals surface area contributed by atoms with E-state index in [0.717, 1.165) is 5.69 Å². The zero-order valence-corrected chi connectivity index (χ0v) is 12.4. The highest BCUT2D eigenvalue weighted by molar-refractivity contribution is 5.45. The maximum atomic E-state index is 11.2. The van der Waals surface area contributed by atoms with Gasteiger partial charge < -0.3 is 12.4 Å². The lowest BCUT2D eigenvalue weighted by molar-refractivity contribution is -0.737. The first-order chi connectivity index (χ1) is 10.2. The standard InChI is InChI=1S/C14H12N5O2.ClH/c1-11-15-17(12-7-3-2-4-8-12)18(16-11)13-9-5-6-10-14(13)19(20)21;/h2-10H,1H3;1H/q+1;/p-1. The molecule has 1 aromatic heterocycles. The third kappa shape index (κ3) is 2.79. The van der Waals surface area contributed by atoms with Crippen LogP contribution in [-0.2, 0) is 0 Å². The molecule has 8 heteroatoms. The molecule has 0 unspecified atom stereocenters. The van der Waals surface area contributed by atoms with Crippen molar-refractivity contribution in [3.63, 3.8) is 0 Å². The summed E-state index contributed by atoms with van der Waals surface area (Å²) in [6.07, 6.45) is 0. The molecule has 22 heavy (non-hydrogen) atoms. The first-order valence-electron chi connectivity index (χ1n) is 6.32. The van der Waals surface area contributed by atoms with Crippen LogP contribution in [0.1, 0.15) is 5.82 Å². The number of aryl methyl sites for hydroxylation is 1. The maximum Gasteiger partial charge on any atom is 0.320 e. The van der Waals surface area contributed by atoms with E-state index in [1.807, 2.05) is 30.3 Å². The van der Waals surface area contributed by atoms with Crippen molar-refractivity contribution in [2.75, 3.05) is 0 Å². The second-order valence-electron chi connectivity index (χ2n) is 4.41. The van der Waals surface area contributed by atoms with Gasteiger partial charge in [0, 0.05) is 17.8 Å². The van der Waals surface area contributed by atoms with E-state index in [1.54, 1.807) is 25.1 Å². The van der Waals surface area contributed by atoms with Gasteiger partial charge in [-0.2, -0.15) is 0 Å². The summed E-state index contributed by atoms with van der Waals surface area (Å²) in [4.78, 5) is 13.7. The zero-order valence-electron chi connectivity index (χ0n) is 11.6. The number of hydrogen-bond acceptors (Lipinski definition) is 4. The number of nitrogens with zero attached hydrogens (tertiary/aromatic N) is 5. The van der Waals surface area contributed by atoms with Gasteiger partial charge in [-0.1, -0.05) is 30.3 Å². The van der Waals surface area contributed by atoms with Gasteiger partial charge in [0.05, 0.1) is 10.0 Å². The highest BCUT2D eigenvalue weighted by Gasteiger charge is 2.26. The molecule has 1 heterocycles. The van der Waals surface area contributed by atoms with E-state index >= 15 is 0 Å². The van der Waals surface area contributed by atoms with Crippen molar-refractivity contribution in [2.24, 2.45) is 0 Å². The summed E-state index contributed by atoms with van der Waals surface area (Å²) < 4.78 is 0. The smallest absolute Gasteiger partial charge is 0.320 e. The Bertz CT molecular complexity index is 804. The molecule has 0 aliphatic heterocycles. The number of para-hydroxylation sites is 3. The van der Waals surface area contributed by atoms with Crippen LogP contribution in [0.15, 0.2) is 54.6 Å². The summed E-state index contributed by atoms with van der Waals surface area (Å²) >= 11 is 0. The molecule has 0 bridgehead atoms. The summed E-state index contributed by atoms with van der Waals surface area (Å²) in [5, 5.41) is 19.8. The first-order valence-corrected chi connectivity index (χ1v) is 6.32. The maximum absolute atomic E-state index is 11.2. The Morgan fingerprint density at radius 1 is 1.09 bits per heavy atom. The van der Waals surface area contributed by atoms with E-state index in [2.05, 4.69) is 10.2 Å². The number of benzene rings is 2. The van der Waals surface area contributed by atoms with E-state index in [1.165, 1.54) is 15.7 Å². The fraction of sp³-hybridized carbons (Fsp3) is 0.0714. The van der Waals surface area contributed by atoms with Gasteiger partial charge in [0.1, 0.15) is 5.69 Å². The molecular formula is C14H12ClN5O2. The minimum absolute atomic E-state index is 0. The number of nitro groups is 1. The first kappa shape index (κ1) is 15.6. The number of halogens is 1. The van der Waals surface area contributed by atoms with Crippen LogP contribution >= 0.6 is 0 Å². The Morgan fingerprint density at radius 2 is 1.73 bits per heavy atom. The lowest BCUT2D eigenvalue weighted by Crippen LogP contribution is -3.00. The molecule has 0 spiro atoms. The molecule has 112 valence electrons. The molecule has 3 aromatic rings. The Labute approximate surface area is 132 Å². The average Bonchev–Trinajstić information content (AvgIpc) is 2.90. The second kappa shape index (κ2) is 6.31. The Morgan fingerprint density at radius 3 is 2.41 bits per heavy atom. The molecule has 7 nitrogen and oxygen atoms in total. The third-order valence-electron chi connectivity index (χ3n) is 2.94. The van der Waals surface area contributed by atoms with E-state index in [4.69, 9.17) is 0 Å². The average molecular weight is 318 g/mol. The van der Waals surface area contributed by atoms with Crippen LogP contribution in [0.25, 0.3) is 11.4 Å². The van der Waals surface area contributed by atoms with Crippen molar-refractivity contribution in [3.05, 3.63) is 70.5 Å². The van der Waals surface area contributed by atoms with Crippen LogP contribution in [0.2, 0.25) is 0 Å².